The lowest BCUT2D eigenvalue weighted by atomic mass is 9.83. The van der Waals surface area contributed by atoms with Crippen LogP contribution in [0.5, 0.6) is 0 Å². The van der Waals surface area contributed by atoms with Crippen LogP contribution in [-0.4, -0.2) is 51.3 Å². The van der Waals surface area contributed by atoms with Gasteiger partial charge in [-0.15, -0.1) is 0 Å². The quantitative estimate of drug-likeness (QED) is 0.656. The van der Waals surface area contributed by atoms with E-state index in [4.69, 9.17) is 9.47 Å². The van der Waals surface area contributed by atoms with Crippen LogP contribution in [0.1, 0.15) is 39.5 Å². The third kappa shape index (κ3) is 6.32. The standard InChI is InChI=1S/C16H30N2O4/c1-12(13-5-7-17-8-6-13)9-14(19)18-16(2,11-21-3)10-15(20)22-4/h12-13,17H,5-11H2,1-4H3,(H,18,19). The third-order valence-corrected chi connectivity index (χ3v) is 4.36. The van der Waals surface area contributed by atoms with Crippen LogP contribution >= 0.6 is 0 Å². The maximum atomic E-state index is 12.3. The van der Waals surface area contributed by atoms with E-state index in [-0.39, 0.29) is 24.9 Å². The zero-order valence-electron chi connectivity index (χ0n) is 14.2. The molecule has 6 nitrogen and oxygen atoms in total. The minimum atomic E-state index is -0.729. The molecule has 0 aromatic carbocycles. The predicted octanol–water partition coefficient (Wildman–Crippen LogP) is 1.10. The normalized spacial score (nSPS) is 20.0. The molecule has 1 saturated heterocycles. The Labute approximate surface area is 133 Å². The molecule has 2 atom stereocenters. The summed E-state index contributed by atoms with van der Waals surface area (Å²) in [5.41, 5.74) is -0.729. The molecular formula is C16H30N2O4. The fourth-order valence-corrected chi connectivity index (χ4v) is 3.10. The maximum absolute atomic E-state index is 12.3. The van der Waals surface area contributed by atoms with Gasteiger partial charge < -0.3 is 20.1 Å². The summed E-state index contributed by atoms with van der Waals surface area (Å²) in [6.45, 7) is 6.26. The Morgan fingerprint density at radius 1 is 1.32 bits per heavy atom. The monoisotopic (exact) mass is 314 g/mol. The highest BCUT2D eigenvalue weighted by atomic mass is 16.5. The summed E-state index contributed by atoms with van der Waals surface area (Å²) in [5, 5.41) is 6.29. The SMILES string of the molecule is COCC(C)(CC(=O)OC)NC(=O)CC(C)C1CCNCC1. The summed E-state index contributed by atoms with van der Waals surface area (Å²) in [4.78, 5) is 23.8. The lowest BCUT2D eigenvalue weighted by Crippen LogP contribution is -2.51. The van der Waals surface area contributed by atoms with Crippen molar-refractivity contribution in [1.29, 1.82) is 0 Å². The summed E-state index contributed by atoms with van der Waals surface area (Å²) in [5.74, 6) is 0.536. The fraction of sp³-hybridized carbons (Fsp3) is 0.875. The number of hydrogen-bond donors (Lipinski definition) is 2. The number of rotatable bonds is 8. The molecule has 0 aliphatic carbocycles. The number of ether oxygens (including phenoxy) is 2. The van der Waals surface area contributed by atoms with E-state index in [1.165, 1.54) is 7.11 Å². The van der Waals surface area contributed by atoms with Crippen LogP contribution in [0.2, 0.25) is 0 Å². The van der Waals surface area contributed by atoms with Gasteiger partial charge in [0.15, 0.2) is 0 Å². The minimum absolute atomic E-state index is 0.0329. The summed E-state index contributed by atoms with van der Waals surface area (Å²) < 4.78 is 9.84. The van der Waals surface area contributed by atoms with E-state index < -0.39 is 5.54 Å². The molecule has 0 aromatic rings. The lowest BCUT2D eigenvalue weighted by Gasteiger charge is -2.31. The predicted molar refractivity (Wildman–Crippen MR) is 84.4 cm³/mol. The van der Waals surface area contributed by atoms with Gasteiger partial charge >= 0.3 is 5.97 Å². The number of methoxy groups -OCH3 is 2. The van der Waals surface area contributed by atoms with Crippen molar-refractivity contribution in [3.8, 4) is 0 Å². The van der Waals surface area contributed by atoms with E-state index in [0.29, 0.717) is 18.3 Å². The van der Waals surface area contributed by atoms with Crippen molar-refractivity contribution in [3.63, 3.8) is 0 Å². The molecular weight excluding hydrogens is 284 g/mol. The average molecular weight is 314 g/mol. The number of piperidine rings is 1. The van der Waals surface area contributed by atoms with Gasteiger partial charge in [0.1, 0.15) is 0 Å². The van der Waals surface area contributed by atoms with Crippen LogP contribution < -0.4 is 10.6 Å². The van der Waals surface area contributed by atoms with E-state index in [9.17, 15) is 9.59 Å². The molecule has 2 N–H and O–H groups in total. The molecule has 128 valence electrons. The lowest BCUT2D eigenvalue weighted by molar-refractivity contribution is -0.143. The number of carbonyl (C=O) groups is 2. The molecule has 0 saturated carbocycles. The Balaban J connectivity index is 2.52. The Bertz CT molecular complexity index is 369. The van der Waals surface area contributed by atoms with Crippen LogP contribution in [0, 0.1) is 11.8 Å². The van der Waals surface area contributed by atoms with E-state index >= 15 is 0 Å². The Kier molecular flexibility index (Phi) is 7.82. The van der Waals surface area contributed by atoms with Crippen molar-refractivity contribution in [1.82, 2.24) is 10.6 Å². The van der Waals surface area contributed by atoms with Gasteiger partial charge in [0.2, 0.25) is 5.91 Å². The largest absolute Gasteiger partial charge is 0.469 e. The van der Waals surface area contributed by atoms with Crippen molar-refractivity contribution in [2.45, 2.75) is 45.1 Å². The summed E-state index contributed by atoms with van der Waals surface area (Å²) >= 11 is 0. The zero-order chi connectivity index (χ0) is 16.6. The molecule has 1 fully saturated rings. The van der Waals surface area contributed by atoms with Crippen LogP contribution in [0.25, 0.3) is 0 Å². The van der Waals surface area contributed by atoms with E-state index in [1.807, 2.05) is 0 Å². The van der Waals surface area contributed by atoms with Gasteiger partial charge in [-0.2, -0.15) is 0 Å². The van der Waals surface area contributed by atoms with Crippen LogP contribution in [0.4, 0.5) is 0 Å². The van der Waals surface area contributed by atoms with Gasteiger partial charge in [-0.3, -0.25) is 9.59 Å². The second kappa shape index (κ2) is 9.10. The smallest absolute Gasteiger partial charge is 0.307 e. The molecule has 1 aliphatic heterocycles. The first-order valence-corrected chi connectivity index (χ1v) is 7.97. The number of amides is 1. The number of hydrogen-bond acceptors (Lipinski definition) is 5. The van der Waals surface area contributed by atoms with Crippen molar-refractivity contribution in [2.24, 2.45) is 11.8 Å². The van der Waals surface area contributed by atoms with E-state index in [2.05, 4.69) is 17.6 Å². The van der Waals surface area contributed by atoms with Crippen LogP contribution in [0.3, 0.4) is 0 Å². The highest BCUT2D eigenvalue weighted by Crippen LogP contribution is 2.24. The maximum Gasteiger partial charge on any atom is 0.307 e. The molecule has 0 radical (unpaired) electrons. The number of carbonyl (C=O) groups excluding carboxylic acids is 2. The summed E-state index contributed by atoms with van der Waals surface area (Å²) in [7, 11) is 2.90. The third-order valence-electron chi connectivity index (χ3n) is 4.36. The van der Waals surface area contributed by atoms with Gasteiger partial charge in [-0.05, 0) is 44.7 Å². The molecule has 1 amide bonds. The topological polar surface area (TPSA) is 76.7 Å². The highest BCUT2D eigenvalue weighted by Gasteiger charge is 2.31. The van der Waals surface area contributed by atoms with E-state index in [0.717, 1.165) is 25.9 Å². The fourth-order valence-electron chi connectivity index (χ4n) is 3.10. The van der Waals surface area contributed by atoms with E-state index in [1.54, 1.807) is 14.0 Å². The van der Waals surface area contributed by atoms with Gasteiger partial charge in [0, 0.05) is 13.5 Å². The van der Waals surface area contributed by atoms with Crippen molar-refractivity contribution >= 4 is 11.9 Å². The second-order valence-corrected chi connectivity index (χ2v) is 6.56. The van der Waals surface area contributed by atoms with Gasteiger partial charge in [0.25, 0.3) is 0 Å². The molecule has 6 heteroatoms. The first-order chi connectivity index (χ1) is 10.4. The molecule has 1 rings (SSSR count). The molecule has 0 spiro atoms. The molecule has 22 heavy (non-hydrogen) atoms. The van der Waals surface area contributed by atoms with Crippen molar-refractivity contribution < 1.29 is 19.1 Å². The highest BCUT2D eigenvalue weighted by molar-refractivity contribution is 5.78. The Morgan fingerprint density at radius 3 is 2.50 bits per heavy atom. The molecule has 1 aliphatic rings. The van der Waals surface area contributed by atoms with Crippen molar-refractivity contribution in [3.05, 3.63) is 0 Å². The first-order valence-electron chi connectivity index (χ1n) is 7.97. The van der Waals surface area contributed by atoms with Crippen molar-refractivity contribution in [2.75, 3.05) is 33.9 Å². The van der Waals surface area contributed by atoms with Gasteiger partial charge in [-0.25, -0.2) is 0 Å². The molecule has 2 unspecified atom stereocenters. The van der Waals surface area contributed by atoms with Gasteiger partial charge in [-0.1, -0.05) is 6.92 Å². The molecule has 0 aromatic heterocycles. The van der Waals surface area contributed by atoms with Gasteiger partial charge in [0.05, 0.1) is 25.7 Å². The minimum Gasteiger partial charge on any atom is -0.469 e. The Morgan fingerprint density at radius 2 is 1.95 bits per heavy atom. The summed E-state index contributed by atoms with van der Waals surface area (Å²) in [6.07, 6.45) is 2.81. The first kappa shape index (κ1) is 18.9. The number of nitrogens with one attached hydrogen (secondary N) is 2. The van der Waals surface area contributed by atoms with Crippen LogP contribution in [0.15, 0.2) is 0 Å². The summed E-state index contributed by atoms with van der Waals surface area (Å²) in [6, 6.07) is 0. The zero-order valence-corrected chi connectivity index (χ0v) is 14.2. The Hall–Kier alpha value is -1.14. The average Bonchev–Trinajstić information content (AvgIpc) is 2.47. The second-order valence-electron chi connectivity index (χ2n) is 6.56. The van der Waals surface area contributed by atoms with Crippen LogP contribution in [-0.2, 0) is 19.1 Å². The number of esters is 1. The molecule has 0 bridgehead atoms. The molecule has 1 heterocycles.